The van der Waals surface area contributed by atoms with Crippen LogP contribution in [0, 0.1) is 11.8 Å². The second-order valence-electron chi connectivity index (χ2n) is 3.65. The first-order valence-electron chi connectivity index (χ1n) is 4.88. The maximum atomic E-state index is 11.6. The minimum absolute atomic E-state index is 0.0719. The molecule has 0 fully saturated rings. The van der Waals surface area contributed by atoms with Crippen molar-refractivity contribution in [3.8, 4) is 0 Å². The molecular formula is C9H16N4O2. The Morgan fingerprint density at radius 2 is 2.40 bits per heavy atom. The second kappa shape index (κ2) is 5.45. The van der Waals surface area contributed by atoms with Crippen molar-refractivity contribution in [3.63, 3.8) is 0 Å². The third-order valence-corrected chi connectivity index (χ3v) is 2.22. The van der Waals surface area contributed by atoms with E-state index in [-0.39, 0.29) is 24.3 Å². The predicted molar refractivity (Wildman–Crippen MR) is 53.5 cm³/mol. The lowest BCUT2D eigenvalue weighted by molar-refractivity contribution is -0.126. The molecule has 6 nitrogen and oxygen atoms in total. The zero-order valence-electron chi connectivity index (χ0n) is 8.93. The minimum atomic E-state index is -0.170. The van der Waals surface area contributed by atoms with Crippen LogP contribution in [0.2, 0.25) is 0 Å². The lowest BCUT2D eigenvalue weighted by atomic mass is 9.95. The molecule has 0 bridgehead atoms. The monoisotopic (exact) mass is 212 g/mol. The van der Waals surface area contributed by atoms with Gasteiger partial charge in [0.2, 0.25) is 12.3 Å². The summed E-state index contributed by atoms with van der Waals surface area (Å²) in [5.41, 5.74) is 5.51. The zero-order chi connectivity index (χ0) is 11.3. The van der Waals surface area contributed by atoms with Crippen molar-refractivity contribution >= 4 is 5.91 Å². The van der Waals surface area contributed by atoms with Crippen molar-refractivity contribution < 1.29 is 9.32 Å². The molecule has 0 spiro atoms. The van der Waals surface area contributed by atoms with Crippen LogP contribution in [0.5, 0.6) is 0 Å². The Morgan fingerprint density at radius 1 is 1.67 bits per heavy atom. The Bertz CT molecular complexity index is 297. The van der Waals surface area contributed by atoms with Crippen LogP contribution in [0.3, 0.4) is 0 Å². The average molecular weight is 212 g/mol. The number of hydrogen-bond acceptors (Lipinski definition) is 5. The molecule has 0 aliphatic heterocycles. The molecule has 0 aliphatic carbocycles. The number of carbonyl (C=O) groups is 1. The molecule has 15 heavy (non-hydrogen) atoms. The SMILES string of the molecule is CC(C)C(CN)C(=O)NCc1ncon1. The fourth-order valence-corrected chi connectivity index (χ4v) is 1.25. The topological polar surface area (TPSA) is 94.0 Å². The summed E-state index contributed by atoms with van der Waals surface area (Å²) in [6, 6.07) is 0. The Morgan fingerprint density at radius 3 is 2.87 bits per heavy atom. The molecule has 0 radical (unpaired) electrons. The quantitative estimate of drug-likeness (QED) is 0.711. The standard InChI is InChI=1S/C9H16N4O2/c1-6(2)7(3-10)9(14)11-4-8-12-5-15-13-8/h5-7H,3-4,10H2,1-2H3,(H,11,14). The molecule has 1 amide bonds. The first-order valence-corrected chi connectivity index (χ1v) is 4.88. The van der Waals surface area contributed by atoms with Crippen LogP contribution in [-0.2, 0) is 11.3 Å². The normalized spacial score (nSPS) is 12.8. The summed E-state index contributed by atoms with van der Waals surface area (Å²) in [6.45, 7) is 4.55. The highest BCUT2D eigenvalue weighted by atomic mass is 16.5. The Balaban J connectivity index is 2.41. The van der Waals surface area contributed by atoms with Gasteiger partial charge in [-0.3, -0.25) is 4.79 Å². The minimum Gasteiger partial charge on any atom is -0.348 e. The number of nitrogens with zero attached hydrogens (tertiary/aromatic N) is 2. The van der Waals surface area contributed by atoms with Crippen molar-refractivity contribution in [2.24, 2.45) is 17.6 Å². The lowest BCUT2D eigenvalue weighted by Gasteiger charge is -2.17. The van der Waals surface area contributed by atoms with E-state index in [0.29, 0.717) is 12.4 Å². The third-order valence-electron chi connectivity index (χ3n) is 2.22. The van der Waals surface area contributed by atoms with Gasteiger partial charge in [0.25, 0.3) is 0 Å². The van der Waals surface area contributed by atoms with Gasteiger partial charge in [-0.25, -0.2) is 0 Å². The van der Waals surface area contributed by atoms with E-state index in [4.69, 9.17) is 5.73 Å². The molecule has 0 saturated heterocycles. The number of rotatable bonds is 5. The van der Waals surface area contributed by atoms with E-state index in [0.717, 1.165) is 0 Å². The Kier molecular flexibility index (Phi) is 4.23. The van der Waals surface area contributed by atoms with Gasteiger partial charge < -0.3 is 15.6 Å². The molecule has 84 valence electrons. The molecule has 1 aromatic rings. The van der Waals surface area contributed by atoms with Gasteiger partial charge in [-0.05, 0) is 5.92 Å². The highest BCUT2D eigenvalue weighted by Crippen LogP contribution is 2.08. The highest BCUT2D eigenvalue weighted by molar-refractivity contribution is 5.78. The van der Waals surface area contributed by atoms with Crippen LogP contribution in [0.4, 0.5) is 0 Å². The summed E-state index contributed by atoms with van der Waals surface area (Å²) in [4.78, 5) is 15.4. The number of aromatic nitrogens is 2. The molecule has 0 saturated carbocycles. The van der Waals surface area contributed by atoms with Crippen molar-refractivity contribution in [2.45, 2.75) is 20.4 Å². The molecule has 1 atom stereocenters. The first-order chi connectivity index (χ1) is 7.15. The number of nitrogens with one attached hydrogen (secondary N) is 1. The fourth-order valence-electron chi connectivity index (χ4n) is 1.25. The van der Waals surface area contributed by atoms with Gasteiger partial charge >= 0.3 is 0 Å². The number of nitrogens with two attached hydrogens (primary N) is 1. The summed E-state index contributed by atoms with van der Waals surface area (Å²) in [6.07, 6.45) is 1.23. The summed E-state index contributed by atoms with van der Waals surface area (Å²) < 4.78 is 4.54. The predicted octanol–water partition coefficient (Wildman–Crippen LogP) is -0.0833. The van der Waals surface area contributed by atoms with E-state index >= 15 is 0 Å². The molecule has 1 heterocycles. The fraction of sp³-hybridized carbons (Fsp3) is 0.667. The zero-order valence-corrected chi connectivity index (χ0v) is 8.93. The average Bonchev–Trinajstić information content (AvgIpc) is 2.67. The number of amides is 1. The van der Waals surface area contributed by atoms with Crippen molar-refractivity contribution in [1.82, 2.24) is 15.5 Å². The van der Waals surface area contributed by atoms with Crippen molar-refractivity contribution in [1.29, 1.82) is 0 Å². The van der Waals surface area contributed by atoms with E-state index in [1.54, 1.807) is 0 Å². The van der Waals surface area contributed by atoms with Crippen molar-refractivity contribution in [2.75, 3.05) is 6.54 Å². The molecule has 1 aromatic heterocycles. The van der Waals surface area contributed by atoms with Gasteiger partial charge in [0.15, 0.2) is 5.82 Å². The van der Waals surface area contributed by atoms with E-state index in [1.807, 2.05) is 13.8 Å². The first kappa shape index (κ1) is 11.6. The molecule has 6 heteroatoms. The van der Waals surface area contributed by atoms with E-state index in [9.17, 15) is 4.79 Å². The van der Waals surface area contributed by atoms with E-state index in [1.165, 1.54) is 6.39 Å². The smallest absolute Gasteiger partial charge is 0.225 e. The molecule has 1 rings (SSSR count). The highest BCUT2D eigenvalue weighted by Gasteiger charge is 2.20. The molecule has 1 unspecified atom stereocenters. The third kappa shape index (κ3) is 3.32. The second-order valence-corrected chi connectivity index (χ2v) is 3.65. The van der Waals surface area contributed by atoms with Gasteiger partial charge in [-0.15, -0.1) is 0 Å². The summed E-state index contributed by atoms with van der Waals surface area (Å²) >= 11 is 0. The molecular weight excluding hydrogens is 196 g/mol. The van der Waals surface area contributed by atoms with Gasteiger partial charge in [0.1, 0.15) is 0 Å². The van der Waals surface area contributed by atoms with Gasteiger partial charge in [0, 0.05) is 6.54 Å². The maximum absolute atomic E-state index is 11.6. The van der Waals surface area contributed by atoms with Crippen LogP contribution in [0.1, 0.15) is 19.7 Å². The van der Waals surface area contributed by atoms with Gasteiger partial charge in [0.05, 0.1) is 12.5 Å². The van der Waals surface area contributed by atoms with Gasteiger partial charge in [-0.1, -0.05) is 19.0 Å². The van der Waals surface area contributed by atoms with Crippen LogP contribution >= 0.6 is 0 Å². The largest absolute Gasteiger partial charge is 0.348 e. The van der Waals surface area contributed by atoms with Gasteiger partial charge in [-0.2, -0.15) is 4.98 Å². The molecule has 0 aromatic carbocycles. The van der Waals surface area contributed by atoms with E-state index < -0.39 is 0 Å². The number of carbonyl (C=O) groups excluding carboxylic acids is 1. The van der Waals surface area contributed by atoms with Crippen LogP contribution in [0.15, 0.2) is 10.9 Å². The van der Waals surface area contributed by atoms with Crippen LogP contribution < -0.4 is 11.1 Å². The maximum Gasteiger partial charge on any atom is 0.225 e. The summed E-state index contributed by atoms with van der Waals surface area (Å²) in [7, 11) is 0. The Labute approximate surface area is 88.2 Å². The van der Waals surface area contributed by atoms with Crippen LogP contribution in [0.25, 0.3) is 0 Å². The lowest BCUT2D eigenvalue weighted by Crippen LogP contribution is -2.37. The molecule has 0 aliphatic rings. The summed E-state index contributed by atoms with van der Waals surface area (Å²) in [5.74, 6) is 0.442. The summed E-state index contributed by atoms with van der Waals surface area (Å²) in [5, 5.41) is 6.30. The number of hydrogen-bond donors (Lipinski definition) is 2. The van der Waals surface area contributed by atoms with Crippen molar-refractivity contribution in [3.05, 3.63) is 12.2 Å². The molecule has 3 N–H and O–H groups in total. The Hall–Kier alpha value is -1.43. The van der Waals surface area contributed by atoms with Crippen LogP contribution in [-0.4, -0.2) is 22.6 Å². The van der Waals surface area contributed by atoms with E-state index in [2.05, 4.69) is 20.0 Å².